The smallest absolute Gasteiger partial charge is 0.469 e. The van der Waals surface area contributed by atoms with Crippen LogP contribution < -0.4 is 19.1 Å². The Kier molecular flexibility index (Phi) is 7.15. The van der Waals surface area contributed by atoms with Crippen LogP contribution in [-0.2, 0) is 14.7 Å². The maximum absolute atomic E-state index is 14.0. The molecule has 1 unspecified atom stereocenters. The molecule has 3 aromatic rings. The van der Waals surface area contributed by atoms with Crippen molar-refractivity contribution in [1.82, 2.24) is 4.72 Å². The molecule has 12 heteroatoms. The van der Waals surface area contributed by atoms with Crippen LogP contribution in [0.4, 0.5) is 24.5 Å². The Bertz CT molecular complexity index is 1500. The van der Waals surface area contributed by atoms with E-state index in [1.807, 2.05) is 43.3 Å². The normalized spacial score (nSPS) is 17.8. The second-order valence-electron chi connectivity index (χ2n) is 8.53. The Morgan fingerprint density at radius 2 is 1.62 bits per heavy atom. The summed E-state index contributed by atoms with van der Waals surface area (Å²) in [5, 5.41) is 11.5. The third kappa shape index (κ3) is 5.52. The molecule has 0 aromatic heterocycles. The van der Waals surface area contributed by atoms with Crippen LogP contribution in [0.5, 0.6) is 17.2 Å². The molecular formula is C27H24F3N3O5S. The molecule has 5 rings (SSSR count). The van der Waals surface area contributed by atoms with Crippen molar-refractivity contribution in [1.29, 1.82) is 0 Å². The Morgan fingerprint density at radius 1 is 1.00 bits per heavy atom. The Morgan fingerprint density at radius 3 is 2.21 bits per heavy atom. The average Bonchev–Trinajstić information content (AvgIpc) is 2.91. The quantitative estimate of drug-likeness (QED) is 0.351. The molecule has 0 saturated carbocycles. The first-order valence-electron chi connectivity index (χ1n) is 11.9. The number of nitrogens with one attached hydrogen (secondary N) is 1. The first-order chi connectivity index (χ1) is 18.7. The molecule has 8 nitrogen and oxygen atoms in total. The van der Waals surface area contributed by atoms with E-state index >= 15 is 0 Å². The molecule has 0 spiro atoms. The highest BCUT2D eigenvalue weighted by Crippen LogP contribution is 2.49. The number of aliphatic hydroxyl groups excluding tert-OH is 1. The molecule has 0 bridgehead atoms. The summed E-state index contributed by atoms with van der Waals surface area (Å²) in [6, 6.07) is 19.2. The molecule has 2 aliphatic rings. The van der Waals surface area contributed by atoms with Crippen molar-refractivity contribution in [2.45, 2.75) is 30.7 Å². The molecule has 2 heterocycles. The summed E-state index contributed by atoms with van der Waals surface area (Å²) in [5.41, 5.74) is 1.68. The first kappa shape index (κ1) is 26.4. The van der Waals surface area contributed by atoms with Gasteiger partial charge in [0.25, 0.3) is 0 Å². The highest BCUT2D eigenvalue weighted by molar-refractivity contribution is 7.91. The number of hydrogen-bond donors (Lipinski definition) is 2. The number of anilines is 2. The molecule has 0 amide bonds. The number of ether oxygens (including phenoxy) is 3. The molecule has 0 saturated heterocycles. The number of rotatable bonds is 7. The maximum Gasteiger partial charge on any atom is 0.573 e. The maximum atomic E-state index is 14.0. The van der Waals surface area contributed by atoms with E-state index in [9.17, 15) is 22.5 Å². The van der Waals surface area contributed by atoms with E-state index in [0.29, 0.717) is 35.0 Å². The number of nitrogens with zero attached hydrogens (tertiary/aromatic N) is 2. The van der Waals surface area contributed by atoms with Gasteiger partial charge in [-0.05, 0) is 55.0 Å². The zero-order valence-corrected chi connectivity index (χ0v) is 21.4. The van der Waals surface area contributed by atoms with E-state index in [0.717, 1.165) is 12.1 Å². The Hall–Kier alpha value is -4.16. The molecule has 2 atom stereocenters. The number of fused-ring (bicyclic) bond motifs is 2. The Labute approximate surface area is 223 Å². The van der Waals surface area contributed by atoms with E-state index < -0.39 is 28.1 Å². The molecular weight excluding hydrogens is 535 g/mol. The molecule has 0 aliphatic carbocycles. The van der Waals surface area contributed by atoms with E-state index in [4.69, 9.17) is 9.47 Å². The standard InChI is InChI=1S/C27H24F3N3O5S/c1-2-15-31-39(35,19-13-11-18(12-14-19)38-27(28,29)30)32-20-16-36-17-23(26(20)34)33-21-7-3-5-9-24(21)37-25-10-6-4-8-22(25)33/h3-14,16-17,26,34H,2,15H2,1H3,(H,31,32,35)/t26-,39?/m1/s1. The zero-order chi connectivity index (χ0) is 27.6. The summed E-state index contributed by atoms with van der Waals surface area (Å²) < 4.78 is 74.4. The average molecular weight is 560 g/mol. The van der Waals surface area contributed by atoms with Gasteiger partial charge in [0.15, 0.2) is 21.4 Å². The summed E-state index contributed by atoms with van der Waals surface area (Å²) in [7, 11) is -3.44. The number of halogens is 3. The van der Waals surface area contributed by atoms with Crippen LogP contribution in [0.2, 0.25) is 0 Å². The van der Waals surface area contributed by atoms with E-state index in [1.54, 1.807) is 17.0 Å². The fourth-order valence-electron chi connectivity index (χ4n) is 4.07. The lowest BCUT2D eigenvalue weighted by Gasteiger charge is -2.37. The molecule has 2 aliphatic heterocycles. The van der Waals surface area contributed by atoms with Crippen LogP contribution in [0.1, 0.15) is 13.3 Å². The summed E-state index contributed by atoms with van der Waals surface area (Å²) in [5.74, 6) is 0.672. The highest BCUT2D eigenvalue weighted by atomic mass is 32.2. The van der Waals surface area contributed by atoms with Crippen LogP contribution in [-0.4, -0.2) is 28.3 Å². The van der Waals surface area contributed by atoms with Gasteiger partial charge in [0.05, 0.1) is 34.2 Å². The van der Waals surface area contributed by atoms with Crippen LogP contribution in [0.15, 0.2) is 106 Å². The summed E-state index contributed by atoms with van der Waals surface area (Å²) in [4.78, 5) is 1.89. The van der Waals surface area contributed by atoms with Gasteiger partial charge in [-0.1, -0.05) is 31.2 Å². The number of alkyl halides is 3. The lowest BCUT2D eigenvalue weighted by molar-refractivity contribution is -0.274. The predicted octanol–water partition coefficient (Wildman–Crippen LogP) is 6.34. The number of aliphatic hydroxyl groups is 1. The van der Waals surface area contributed by atoms with Gasteiger partial charge in [-0.3, -0.25) is 4.72 Å². The third-order valence-electron chi connectivity index (χ3n) is 5.78. The summed E-state index contributed by atoms with van der Waals surface area (Å²) >= 11 is 0. The lowest BCUT2D eigenvalue weighted by atomic mass is 10.1. The van der Waals surface area contributed by atoms with Crippen LogP contribution >= 0.6 is 0 Å². The minimum absolute atomic E-state index is 0.0504. The van der Waals surface area contributed by atoms with Gasteiger partial charge >= 0.3 is 6.36 Å². The first-order valence-corrected chi connectivity index (χ1v) is 13.5. The largest absolute Gasteiger partial charge is 0.573 e. The summed E-state index contributed by atoms with van der Waals surface area (Å²) in [6.45, 7) is 2.04. The van der Waals surface area contributed by atoms with Crippen molar-refractivity contribution in [2.75, 3.05) is 11.4 Å². The zero-order valence-electron chi connectivity index (χ0n) is 20.6. The van der Waals surface area contributed by atoms with Crippen molar-refractivity contribution in [3.8, 4) is 17.2 Å². The van der Waals surface area contributed by atoms with E-state index in [-0.39, 0.29) is 17.1 Å². The monoisotopic (exact) mass is 559 g/mol. The minimum atomic E-state index is -4.86. The molecule has 0 radical (unpaired) electrons. The fraction of sp³-hybridized carbons (Fsp3) is 0.185. The second-order valence-corrected chi connectivity index (χ2v) is 10.5. The van der Waals surface area contributed by atoms with Crippen molar-refractivity contribution in [2.24, 2.45) is 4.36 Å². The molecule has 39 heavy (non-hydrogen) atoms. The van der Waals surface area contributed by atoms with E-state index in [2.05, 4.69) is 13.8 Å². The minimum Gasteiger partial charge on any atom is -0.469 e. The van der Waals surface area contributed by atoms with Crippen LogP contribution in [0.25, 0.3) is 0 Å². The highest BCUT2D eigenvalue weighted by Gasteiger charge is 2.35. The van der Waals surface area contributed by atoms with E-state index in [1.165, 1.54) is 24.7 Å². The molecule has 0 fully saturated rings. The van der Waals surface area contributed by atoms with Crippen molar-refractivity contribution < 1.29 is 36.7 Å². The van der Waals surface area contributed by atoms with Crippen LogP contribution in [0.3, 0.4) is 0 Å². The predicted molar refractivity (Wildman–Crippen MR) is 139 cm³/mol. The van der Waals surface area contributed by atoms with Gasteiger partial charge in [0, 0.05) is 0 Å². The van der Waals surface area contributed by atoms with Gasteiger partial charge in [-0.2, -0.15) is 0 Å². The topological polar surface area (TPSA) is 92.6 Å². The second kappa shape index (κ2) is 10.5. The van der Waals surface area contributed by atoms with Gasteiger partial charge in [-0.25, -0.2) is 8.57 Å². The summed E-state index contributed by atoms with van der Waals surface area (Å²) in [6.07, 6.45) is -3.03. The number of para-hydroxylation sites is 4. The van der Waals surface area contributed by atoms with Crippen molar-refractivity contribution in [3.05, 3.63) is 96.7 Å². The molecule has 3 aromatic carbocycles. The van der Waals surface area contributed by atoms with Crippen molar-refractivity contribution in [3.63, 3.8) is 0 Å². The SMILES string of the molecule is CCCN=S(=O)(NC1=COC=C(N2c3ccccc3Oc3ccccc32)[C@@H]1O)c1ccc(OC(F)(F)F)cc1. The van der Waals surface area contributed by atoms with Gasteiger partial charge in [0.1, 0.15) is 24.4 Å². The Balaban J connectivity index is 1.47. The molecule has 2 N–H and O–H groups in total. The van der Waals surface area contributed by atoms with Crippen LogP contribution in [0, 0.1) is 0 Å². The molecule has 204 valence electrons. The van der Waals surface area contributed by atoms with Gasteiger partial charge < -0.3 is 24.2 Å². The number of hydrogen-bond acceptors (Lipinski definition) is 7. The van der Waals surface area contributed by atoms with Gasteiger partial charge in [0.2, 0.25) is 0 Å². The third-order valence-corrected chi connectivity index (χ3v) is 7.75. The fourth-order valence-corrected chi connectivity index (χ4v) is 5.83. The lowest BCUT2D eigenvalue weighted by Crippen LogP contribution is -2.37. The van der Waals surface area contributed by atoms with Crippen molar-refractivity contribution >= 4 is 21.3 Å². The van der Waals surface area contributed by atoms with Gasteiger partial charge in [-0.15, -0.1) is 13.2 Å². The number of benzene rings is 3.